The van der Waals surface area contributed by atoms with Crippen molar-refractivity contribution in [1.29, 1.82) is 0 Å². The standard InChI is InChI=1S/C22H23F3N2O2S/c1-4-13(3)21(29)27-7-6-17-18(12-30-19(17)11-27)20(28)26-16-9-14(5-2)8-15(10-16)22(23,24)25/h4,8-10,12H,5-7,11H2,1-3H3,(H,26,28)/b13-4+. The average molecular weight is 436 g/mol. The van der Waals surface area contributed by atoms with Crippen LogP contribution in [0.1, 0.15) is 52.7 Å². The number of alkyl halides is 3. The van der Waals surface area contributed by atoms with Crippen molar-refractivity contribution in [2.75, 3.05) is 11.9 Å². The van der Waals surface area contributed by atoms with E-state index in [1.807, 2.05) is 6.92 Å². The molecular formula is C22H23F3N2O2S. The fourth-order valence-corrected chi connectivity index (χ4v) is 4.49. The first-order chi connectivity index (χ1) is 14.1. The van der Waals surface area contributed by atoms with Crippen LogP contribution in [-0.4, -0.2) is 23.3 Å². The lowest BCUT2D eigenvalue weighted by Crippen LogP contribution is -2.36. The highest BCUT2D eigenvalue weighted by Crippen LogP contribution is 2.33. The zero-order valence-corrected chi connectivity index (χ0v) is 17.8. The number of allylic oxidation sites excluding steroid dienone is 1. The smallest absolute Gasteiger partial charge is 0.333 e. The Kier molecular flexibility index (Phi) is 6.36. The van der Waals surface area contributed by atoms with Gasteiger partial charge in [-0.05, 0) is 56.0 Å². The minimum Gasteiger partial charge on any atom is -0.333 e. The molecule has 1 aliphatic rings. The number of nitrogens with one attached hydrogen (secondary N) is 1. The minimum absolute atomic E-state index is 0.0291. The number of rotatable bonds is 4. The van der Waals surface area contributed by atoms with Gasteiger partial charge in [0.15, 0.2) is 0 Å². The molecule has 1 aromatic carbocycles. The van der Waals surface area contributed by atoms with Gasteiger partial charge in [0.25, 0.3) is 5.91 Å². The van der Waals surface area contributed by atoms with E-state index in [4.69, 9.17) is 0 Å². The summed E-state index contributed by atoms with van der Waals surface area (Å²) in [5.74, 6) is -0.461. The molecule has 0 saturated heterocycles. The summed E-state index contributed by atoms with van der Waals surface area (Å²) in [7, 11) is 0. The van der Waals surface area contributed by atoms with Crippen molar-refractivity contribution in [2.45, 2.75) is 46.3 Å². The predicted molar refractivity (Wildman–Crippen MR) is 112 cm³/mol. The number of amides is 2. The normalized spacial score (nSPS) is 14.5. The van der Waals surface area contributed by atoms with Crippen LogP contribution in [0.15, 0.2) is 35.2 Å². The second kappa shape index (κ2) is 8.63. The number of carbonyl (C=O) groups is 2. The highest BCUT2D eigenvalue weighted by molar-refractivity contribution is 7.10. The topological polar surface area (TPSA) is 49.4 Å². The van der Waals surface area contributed by atoms with E-state index >= 15 is 0 Å². The Hall–Kier alpha value is -2.61. The first-order valence-corrected chi connectivity index (χ1v) is 10.6. The maximum Gasteiger partial charge on any atom is 0.416 e. The largest absolute Gasteiger partial charge is 0.416 e. The van der Waals surface area contributed by atoms with Gasteiger partial charge in [-0.3, -0.25) is 9.59 Å². The van der Waals surface area contributed by atoms with Gasteiger partial charge in [-0.15, -0.1) is 11.3 Å². The number of halogens is 3. The molecule has 0 atom stereocenters. The van der Waals surface area contributed by atoms with E-state index in [0.717, 1.165) is 22.6 Å². The fourth-order valence-electron chi connectivity index (χ4n) is 3.40. The average Bonchev–Trinajstić information content (AvgIpc) is 3.15. The number of nitrogens with zero attached hydrogens (tertiary/aromatic N) is 1. The van der Waals surface area contributed by atoms with Crippen LogP contribution in [0.3, 0.4) is 0 Å². The van der Waals surface area contributed by atoms with Gasteiger partial charge in [0.05, 0.1) is 17.7 Å². The molecule has 0 fully saturated rings. The first kappa shape index (κ1) is 22.1. The Morgan fingerprint density at radius 1 is 1.27 bits per heavy atom. The van der Waals surface area contributed by atoms with E-state index in [1.54, 1.807) is 36.3 Å². The van der Waals surface area contributed by atoms with Crippen molar-refractivity contribution >= 4 is 28.8 Å². The second-order valence-corrected chi connectivity index (χ2v) is 8.19. The second-order valence-electron chi connectivity index (χ2n) is 7.22. The summed E-state index contributed by atoms with van der Waals surface area (Å²) in [4.78, 5) is 27.9. The van der Waals surface area contributed by atoms with Crippen LogP contribution in [0.2, 0.25) is 0 Å². The molecule has 4 nitrogen and oxygen atoms in total. The molecule has 8 heteroatoms. The molecule has 30 heavy (non-hydrogen) atoms. The molecule has 160 valence electrons. The van der Waals surface area contributed by atoms with E-state index in [2.05, 4.69) is 5.32 Å². The summed E-state index contributed by atoms with van der Waals surface area (Å²) in [6.07, 6.45) is -1.75. The van der Waals surface area contributed by atoms with Crippen molar-refractivity contribution < 1.29 is 22.8 Å². The third-order valence-electron chi connectivity index (χ3n) is 5.24. The molecule has 0 bridgehead atoms. The Morgan fingerprint density at radius 2 is 2.00 bits per heavy atom. The van der Waals surface area contributed by atoms with Gasteiger partial charge >= 0.3 is 6.18 Å². The summed E-state index contributed by atoms with van der Waals surface area (Å²) >= 11 is 1.39. The van der Waals surface area contributed by atoms with E-state index in [0.29, 0.717) is 42.6 Å². The summed E-state index contributed by atoms with van der Waals surface area (Å²) in [5, 5.41) is 4.33. The molecule has 2 aromatic rings. The maximum absolute atomic E-state index is 13.2. The van der Waals surface area contributed by atoms with Crippen molar-refractivity contribution in [2.24, 2.45) is 0 Å². The third kappa shape index (κ3) is 4.59. The van der Waals surface area contributed by atoms with Gasteiger partial charge in [0, 0.05) is 28.1 Å². The number of thiophene rings is 1. The minimum atomic E-state index is -4.48. The lowest BCUT2D eigenvalue weighted by molar-refractivity contribution is -0.137. The summed E-state index contributed by atoms with van der Waals surface area (Å²) in [6.45, 7) is 6.27. The third-order valence-corrected chi connectivity index (χ3v) is 6.25. The SMILES string of the molecule is C/C=C(\C)C(=O)N1CCc2c(C(=O)Nc3cc(CC)cc(C(F)(F)F)c3)csc2C1. The Bertz CT molecular complexity index is 1010. The lowest BCUT2D eigenvalue weighted by Gasteiger charge is -2.27. The van der Waals surface area contributed by atoms with E-state index in [1.165, 1.54) is 11.3 Å². The molecule has 2 amide bonds. The summed E-state index contributed by atoms with van der Waals surface area (Å²) in [6, 6.07) is 3.61. The van der Waals surface area contributed by atoms with Crippen LogP contribution in [-0.2, 0) is 30.4 Å². The Balaban J connectivity index is 1.81. The van der Waals surface area contributed by atoms with Crippen molar-refractivity contribution in [1.82, 2.24) is 4.90 Å². The predicted octanol–water partition coefficient (Wildman–Crippen LogP) is 5.43. The molecule has 1 aliphatic heterocycles. The number of hydrogen-bond acceptors (Lipinski definition) is 3. The Morgan fingerprint density at radius 3 is 2.63 bits per heavy atom. The fraction of sp³-hybridized carbons (Fsp3) is 0.364. The number of anilines is 1. The summed E-state index contributed by atoms with van der Waals surface area (Å²) < 4.78 is 39.5. The van der Waals surface area contributed by atoms with Crippen LogP contribution in [0, 0.1) is 0 Å². The van der Waals surface area contributed by atoms with E-state index in [-0.39, 0.29) is 11.6 Å². The quantitative estimate of drug-likeness (QED) is 0.650. The first-order valence-electron chi connectivity index (χ1n) is 9.68. The van der Waals surface area contributed by atoms with Crippen molar-refractivity contribution in [3.8, 4) is 0 Å². The van der Waals surface area contributed by atoms with Gasteiger partial charge in [0.1, 0.15) is 0 Å². The number of aryl methyl sites for hydroxylation is 1. The number of fused-ring (bicyclic) bond motifs is 1. The van der Waals surface area contributed by atoms with Gasteiger partial charge < -0.3 is 10.2 Å². The zero-order chi connectivity index (χ0) is 22.1. The summed E-state index contributed by atoms with van der Waals surface area (Å²) in [5.41, 5.74) is 1.84. The van der Waals surface area contributed by atoms with Crippen LogP contribution in [0.4, 0.5) is 18.9 Å². The highest BCUT2D eigenvalue weighted by atomic mass is 32.1. The lowest BCUT2D eigenvalue weighted by atomic mass is 10.0. The highest BCUT2D eigenvalue weighted by Gasteiger charge is 2.31. The molecule has 1 N–H and O–H groups in total. The monoisotopic (exact) mass is 436 g/mol. The van der Waals surface area contributed by atoms with Crippen LogP contribution < -0.4 is 5.32 Å². The number of benzene rings is 1. The van der Waals surface area contributed by atoms with E-state index < -0.39 is 17.6 Å². The van der Waals surface area contributed by atoms with E-state index in [9.17, 15) is 22.8 Å². The van der Waals surface area contributed by atoms with Gasteiger partial charge in [-0.25, -0.2) is 0 Å². The van der Waals surface area contributed by atoms with Gasteiger partial charge in [-0.2, -0.15) is 13.2 Å². The molecule has 0 unspecified atom stereocenters. The molecular weight excluding hydrogens is 413 g/mol. The zero-order valence-electron chi connectivity index (χ0n) is 17.0. The Labute approximate surface area is 177 Å². The molecule has 0 spiro atoms. The van der Waals surface area contributed by atoms with Crippen LogP contribution >= 0.6 is 11.3 Å². The number of carbonyl (C=O) groups excluding carboxylic acids is 2. The van der Waals surface area contributed by atoms with Crippen molar-refractivity contribution in [3.05, 3.63) is 62.4 Å². The van der Waals surface area contributed by atoms with Gasteiger partial charge in [-0.1, -0.05) is 13.0 Å². The molecule has 0 aliphatic carbocycles. The van der Waals surface area contributed by atoms with Crippen LogP contribution in [0.5, 0.6) is 0 Å². The van der Waals surface area contributed by atoms with Crippen LogP contribution in [0.25, 0.3) is 0 Å². The van der Waals surface area contributed by atoms with Crippen molar-refractivity contribution in [3.63, 3.8) is 0 Å². The number of hydrogen-bond donors (Lipinski definition) is 1. The molecule has 3 rings (SSSR count). The van der Waals surface area contributed by atoms with Gasteiger partial charge in [0.2, 0.25) is 5.91 Å². The molecule has 1 aromatic heterocycles. The molecule has 2 heterocycles. The molecule has 0 saturated carbocycles. The maximum atomic E-state index is 13.2. The molecule has 0 radical (unpaired) electrons.